The third-order valence-electron chi connectivity index (χ3n) is 4.31. The maximum atomic E-state index is 12.3. The molecule has 146 valence electrons. The smallest absolute Gasteiger partial charge is 0.229 e. The summed E-state index contributed by atoms with van der Waals surface area (Å²) in [5.74, 6) is 0.972. The quantitative estimate of drug-likeness (QED) is 0.685. The summed E-state index contributed by atoms with van der Waals surface area (Å²) in [5.41, 5.74) is 1.60. The first-order chi connectivity index (χ1) is 13.4. The van der Waals surface area contributed by atoms with Crippen LogP contribution in [0.4, 0.5) is 5.82 Å². The van der Waals surface area contributed by atoms with Crippen LogP contribution in [0.2, 0.25) is 0 Å². The van der Waals surface area contributed by atoms with Gasteiger partial charge in [0.15, 0.2) is 15.6 Å². The number of carbonyl (C=O) groups excluding carboxylic acids is 1. The van der Waals surface area contributed by atoms with Crippen LogP contribution in [0, 0.1) is 0 Å². The molecule has 3 aliphatic rings. The Labute approximate surface area is 166 Å². The van der Waals surface area contributed by atoms with Crippen LogP contribution >= 0.6 is 11.3 Å². The molecule has 0 spiro atoms. The molecule has 0 saturated heterocycles. The summed E-state index contributed by atoms with van der Waals surface area (Å²) < 4.78 is 34.8. The van der Waals surface area contributed by atoms with Crippen molar-refractivity contribution in [2.24, 2.45) is 0 Å². The second-order valence-electron chi connectivity index (χ2n) is 6.27. The number of carbonyl (C=O) groups is 1. The minimum atomic E-state index is -3.24. The Hall–Kier alpha value is -2.65. The standard InChI is InChI=1S/C19H18N2O5S2/c1-2-28(23,24)14-5-3-12(4-6-14)9-17(22)20-16-11-13-10-15-19(26-8-7-25-15)27-18(13)21-16/h3-6,10-11H,2,7-9H2,1H3,(H,20,22). The molecule has 4 rings (SSSR count). The van der Waals surface area contributed by atoms with Crippen molar-refractivity contribution in [3.8, 4) is 21.4 Å². The molecule has 0 radical (unpaired) electrons. The van der Waals surface area contributed by atoms with Crippen molar-refractivity contribution in [1.29, 1.82) is 0 Å². The topological polar surface area (TPSA) is 94.6 Å². The van der Waals surface area contributed by atoms with Gasteiger partial charge in [-0.2, -0.15) is 0 Å². The summed E-state index contributed by atoms with van der Waals surface area (Å²) in [4.78, 5) is 17.0. The number of amides is 1. The molecule has 0 saturated carbocycles. The molecule has 0 atom stereocenters. The Morgan fingerprint density at radius 1 is 1.18 bits per heavy atom. The average Bonchev–Trinajstić information content (AvgIpc) is 3.07. The van der Waals surface area contributed by atoms with Crippen molar-refractivity contribution in [1.82, 2.24) is 4.98 Å². The van der Waals surface area contributed by atoms with E-state index in [0.717, 1.165) is 16.1 Å². The lowest BCUT2D eigenvalue weighted by molar-refractivity contribution is -0.115. The van der Waals surface area contributed by atoms with Gasteiger partial charge in [0, 0.05) is 5.56 Å². The van der Waals surface area contributed by atoms with Gasteiger partial charge in [0.2, 0.25) is 11.0 Å². The second-order valence-corrected chi connectivity index (χ2v) is 9.51. The summed E-state index contributed by atoms with van der Waals surface area (Å²) in [6.07, 6.45) is 0.127. The van der Waals surface area contributed by atoms with Gasteiger partial charge in [0.25, 0.3) is 0 Å². The molecule has 1 aromatic rings. The average molecular weight is 418 g/mol. The van der Waals surface area contributed by atoms with Gasteiger partial charge < -0.3 is 14.8 Å². The molecule has 3 heterocycles. The lowest BCUT2D eigenvalue weighted by atomic mass is 10.1. The number of benzene rings is 1. The first-order valence-electron chi connectivity index (χ1n) is 8.76. The number of ether oxygens (including phenoxy) is 2. The highest BCUT2D eigenvalue weighted by Gasteiger charge is 2.20. The van der Waals surface area contributed by atoms with Crippen LogP contribution in [-0.2, 0) is 21.1 Å². The van der Waals surface area contributed by atoms with Crippen molar-refractivity contribution in [3.63, 3.8) is 0 Å². The first kappa shape index (κ1) is 18.7. The minimum Gasteiger partial charge on any atom is -0.485 e. The highest BCUT2D eigenvalue weighted by Crippen LogP contribution is 2.43. The maximum Gasteiger partial charge on any atom is 0.229 e. The van der Waals surface area contributed by atoms with E-state index in [1.807, 2.05) is 6.07 Å². The van der Waals surface area contributed by atoms with Crippen LogP contribution in [0.25, 0.3) is 10.6 Å². The molecule has 0 unspecified atom stereocenters. The van der Waals surface area contributed by atoms with Gasteiger partial charge in [-0.25, -0.2) is 13.4 Å². The third-order valence-corrected chi connectivity index (χ3v) is 7.08. The Bertz CT molecular complexity index is 1050. The molecule has 1 N–H and O–H groups in total. The van der Waals surface area contributed by atoms with Crippen molar-refractivity contribution in [2.45, 2.75) is 18.2 Å². The normalized spacial score (nSPS) is 13.5. The largest absolute Gasteiger partial charge is 0.485 e. The van der Waals surface area contributed by atoms with Gasteiger partial charge in [0.05, 0.1) is 17.1 Å². The van der Waals surface area contributed by atoms with E-state index in [2.05, 4.69) is 10.3 Å². The fourth-order valence-corrected chi connectivity index (χ4v) is 4.64. The van der Waals surface area contributed by atoms with E-state index in [9.17, 15) is 13.2 Å². The number of sulfone groups is 1. The van der Waals surface area contributed by atoms with Crippen molar-refractivity contribution in [2.75, 3.05) is 24.3 Å². The number of nitrogens with one attached hydrogen (secondary N) is 1. The summed E-state index contributed by atoms with van der Waals surface area (Å²) in [6, 6.07) is 10.0. The predicted octanol–water partition coefficient (Wildman–Crippen LogP) is 2.99. The number of nitrogens with zero attached hydrogens (tertiary/aromatic N) is 1. The Morgan fingerprint density at radius 3 is 2.68 bits per heavy atom. The maximum absolute atomic E-state index is 12.3. The molecule has 3 aliphatic heterocycles. The second kappa shape index (κ2) is 7.40. The van der Waals surface area contributed by atoms with E-state index < -0.39 is 9.84 Å². The van der Waals surface area contributed by atoms with E-state index in [-0.39, 0.29) is 23.0 Å². The molecule has 9 heteroatoms. The van der Waals surface area contributed by atoms with E-state index in [1.54, 1.807) is 25.1 Å². The highest BCUT2D eigenvalue weighted by atomic mass is 32.2. The van der Waals surface area contributed by atoms with Gasteiger partial charge >= 0.3 is 0 Å². The summed E-state index contributed by atoms with van der Waals surface area (Å²) >= 11 is 1.38. The zero-order valence-corrected chi connectivity index (χ0v) is 16.7. The van der Waals surface area contributed by atoms with Crippen molar-refractivity contribution < 1.29 is 22.7 Å². The summed E-state index contributed by atoms with van der Waals surface area (Å²) in [6.45, 7) is 2.63. The van der Waals surface area contributed by atoms with E-state index in [0.29, 0.717) is 29.8 Å². The minimum absolute atomic E-state index is 0.0452. The zero-order chi connectivity index (χ0) is 19.7. The number of fused-ring (bicyclic) bond motifs is 2. The van der Waals surface area contributed by atoms with Gasteiger partial charge in [-0.15, -0.1) is 0 Å². The van der Waals surface area contributed by atoms with Crippen molar-refractivity contribution in [3.05, 3.63) is 42.0 Å². The number of aromatic nitrogens is 1. The highest BCUT2D eigenvalue weighted by molar-refractivity contribution is 7.91. The molecule has 1 amide bonds. The summed E-state index contributed by atoms with van der Waals surface area (Å²) in [5, 5.41) is 4.23. The molecule has 0 aromatic heterocycles. The SMILES string of the molecule is CCS(=O)(=O)c1ccc(CC(=O)Nc2cc3cc4c(sc-3n2)OCCO4)cc1. The first-order valence-corrected chi connectivity index (χ1v) is 11.2. The monoisotopic (exact) mass is 418 g/mol. The fraction of sp³-hybridized carbons (Fsp3) is 0.263. The predicted molar refractivity (Wildman–Crippen MR) is 106 cm³/mol. The Kier molecular flexibility index (Phi) is 4.94. The van der Waals surface area contributed by atoms with Crippen LogP contribution in [0.3, 0.4) is 0 Å². The van der Waals surface area contributed by atoms with Crippen LogP contribution in [0.1, 0.15) is 12.5 Å². The molecule has 28 heavy (non-hydrogen) atoms. The molecule has 1 aromatic carbocycles. The van der Waals surface area contributed by atoms with Crippen LogP contribution in [0.15, 0.2) is 41.3 Å². The summed E-state index contributed by atoms with van der Waals surface area (Å²) in [7, 11) is -3.24. The van der Waals surface area contributed by atoms with Gasteiger partial charge in [-0.05, 0) is 29.8 Å². The molecular formula is C19H18N2O5S2. The fourth-order valence-electron chi connectivity index (χ4n) is 2.84. The van der Waals surface area contributed by atoms with Gasteiger partial charge in [-0.3, -0.25) is 4.79 Å². The Morgan fingerprint density at radius 2 is 1.93 bits per heavy atom. The van der Waals surface area contributed by atoms with E-state index >= 15 is 0 Å². The molecule has 7 nitrogen and oxygen atoms in total. The third kappa shape index (κ3) is 3.81. The molecular weight excluding hydrogens is 400 g/mol. The van der Waals surface area contributed by atoms with Crippen LogP contribution in [-0.4, -0.2) is 38.3 Å². The Balaban J connectivity index is 1.46. The zero-order valence-electron chi connectivity index (χ0n) is 15.1. The number of hydrogen-bond acceptors (Lipinski definition) is 7. The molecule has 0 fully saturated rings. The molecule has 0 bridgehead atoms. The van der Waals surface area contributed by atoms with Crippen LogP contribution in [0.5, 0.6) is 10.8 Å². The number of hydrogen-bond donors (Lipinski definition) is 1. The van der Waals surface area contributed by atoms with Crippen molar-refractivity contribution >= 4 is 32.9 Å². The van der Waals surface area contributed by atoms with Crippen LogP contribution < -0.4 is 14.8 Å². The molecule has 0 aliphatic carbocycles. The number of anilines is 1. The van der Waals surface area contributed by atoms with E-state index in [4.69, 9.17) is 9.47 Å². The number of rotatable bonds is 5. The van der Waals surface area contributed by atoms with Gasteiger partial charge in [0.1, 0.15) is 24.0 Å². The lowest BCUT2D eigenvalue weighted by Gasteiger charge is -2.17. The van der Waals surface area contributed by atoms with E-state index in [1.165, 1.54) is 23.5 Å². The van der Waals surface area contributed by atoms with Gasteiger partial charge in [-0.1, -0.05) is 30.4 Å². The lowest BCUT2D eigenvalue weighted by Crippen LogP contribution is -2.14.